The van der Waals surface area contributed by atoms with Crippen molar-refractivity contribution < 1.29 is 17.7 Å². The van der Waals surface area contributed by atoms with Gasteiger partial charge in [0.25, 0.3) is 10.1 Å². The van der Waals surface area contributed by atoms with Crippen molar-refractivity contribution in [2.75, 3.05) is 26.3 Å². The normalized spacial score (nSPS) is 13.5. The third kappa shape index (κ3) is 5.44. The molecule has 0 unspecified atom stereocenters. The molecule has 0 spiro atoms. The Labute approximate surface area is 133 Å². The lowest BCUT2D eigenvalue weighted by Crippen LogP contribution is -2.38. The number of azide groups is 2. The van der Waals surface area contributed by atoms with Crippen molar-refractivity contribution in [2.45, 2.75) is 11.8 Å². The number of aliphatic hydroxyl groups excluding tert-OH is 1. The molecular weight excluding hydrogens is 324 g/mol. The summed E-state index contributed by atoms with van der Waals surface area (Å²) in [5.41, 5.74) is 16.4. The average molecular weight is 340 g/mol. The molecule has 0 amide bonds. The van der Waals surface area contributed by atoms with Gasteiger partial charge in [0.2, 0.25) is 0 Å². The third-order valence-corrected chi connectivity index (χ3v) is 4.38. The minimum atomic E-state index is -4.05. The van der Waals surface area contributed by atoms with Crippen LogP contribution in [0, 0.1) is 12.3 Å². The Kier molecular flexibility index (Phi) is 6.83. The summed E-state index contributed by atoms with van der Waals surface area (Å²) < 4.78 is 29.2. The molecular formula is C12H16N6O4S. The molecule has 1 aromatic rings. The summed E-state index contributed by atoms with van der Waals surface area (Å²) in [4.78, 5) is 5.09. The van der Waals surface area contributed by atoms with E-state index in [1.807, 2.05) is 6.92 Å². The van der Waals surface area contributed by atoms with Crippen LogP contribution in [0.15, 0.2) is 39.4 Å². The molecule has 0 atom stereocenters. The second-order valence-corrected chi connectivity index (χ2v) is 6.58. The van der Waals surface area contributed by atoms with E-state index in [2.05, 4.69) is 20.1 Å². The quantitative estimate of drug-likeness (QED) is 0.316. The molecule has 11 heteroatoms. The summed E-state index contributed by atoms with van der Waals surface area (Å²) in [6.45, 7) is 0.199. The Morgan fingerprint density at radius 2 is 1.70 bits per heavy atom. The van der Waals surface area contributed by atoms with Crippen molar-refractivity contribution in [3.8, 4) is 0 Å². The summed E-state index contributed by atoms with van der Waals surface area (Å²) in [7, 11) is -4.05. The molecule has 10 nitrogen and oxygen atoms in total. The van der Waals surface area contributed by atoms with E-state index in [0.717, 1.165) is 5.56 Å². The Bertz CT molecular complexity index is 700. The number of aliphatic hydroxyl groups is 1. The van der Waals surface area contributed by atoms with Gasteiger partial charge in [0, 0.05) is 28.3 Å². The van der Waals surface area contributed by atoms with Crippen molar-refractivity contribution in [2.24, 2.45) is 15.6 Å². The van der Waals surface area contributed by atoms with Gasteiger partial charge in [-0.25, -0.2) is 0 Å². The minimum absolute atomic E-state index is 0.0393. The van der Waals surface area contributed by atoms with Crippen LogP contribution >= 0.6 is 0 Å². The molecule has 0 radical (unpaired) electrons. The van der Waals surface area contributed by atoms with E-state index in [0.29, 0.717) is 0 Å². The Balaban J connectivity index is 2.97. The summed E-state index contributed by atoms with van der Waals surface area (Å²) >= 11 is 0. The molecule has 1 aromatic carbocycles. The fraction of sp³-hybridized carbons (Fsp3) is 0.500. The number of hydrogen-bond acceptors (Lipinski definition) is 6. The minimum Gasteiger partial charge on any atom is -0.396 e. The van der Waals surface area contributed by atoms with E-state index in [1.54, 1.807) is 12.1 Å². The van der Waals surface area contributed by atoms with Crippen LogP contribution in [0.25, 0.3) is 20.9 Å². The van der Waals surface area contributed by atoms with Crippen LogP contribution in [0.5, 0.6) is 0 Å². The first kappa shape index (κ1) is 18.8. The molecule has 124 valence electrons. The Hall–Kier alpha value is -2.29. The zero-order valence-electron chi connectivity index (χ0n) is 12.4. The van der Waals surface area contributed by atoms with E-state index in [-0.39, 0.29) is 18.0 Å². The molecule has 23 heavy (non-hydrogen) atoms. The predicted octanol–water partition coefficient (Wildman–Crippen LogP) is 2.30. The molecule has 0 saturated carbocycles. The average Bonchev–Trinajstić information content (AvgIpc) is 2.55. The van der Waals surface area contributed by atoms with Gasteiger partial charge >= 0.3 is 0 Å². The highest BCUT2D eigenvalue weighted by molar-refractivity contribution is 7.86. The van der Waals surface area contributed by atoms with Gasteiger partial charge in [-0.2, -0.15) is 8.42 Å². The number of nitrogens with zero attached hydrogens (tertiary/aromatic N) is 6. The van der Waals surface area contributed by atoms with Gasteiger partial charge in [-0.3, -0.25) is 4.18 Å². The maximum absolute atomic E-state index is 12.1. The van der Waals surface area contributed by atoms with Crippen molar-refractivity contribution in [1.29, 1.82) is 0 Å². The number of aryl methyl sites for hydroxylation is 1. The molecule has 0 aliphatic rings. The zero-order chi connectivity index (χ0) is 17.3. The van der Waals surface area contributed by atoms with Gasteiger partial charge in [0.15, 0.2) is 0 Å². The van der Waals surface area contributed by atoms with E-state index in [1.165, 1.54) is 12.1 Å². The molecule has 1 N–H and O–H groups in total. The van der Waals surface area contributed by atoms with Crippen molar-refractivity contribution in [3.63, 3.8) is 0 Å². The van der Waals surface area contributed by atoms with Crippen LogP contribution in [-0.4, -0.2) is 39.8 Å². The van der Waals surface area contributed by atoms with Gasteiger partial charge in [-0.05, 0) is 30.1 Å². The molecule has 0 heterocycles. The summed E-state index contributed by atoms with van der Waals surface area (Å²) in [5.74, 6) is 0. The third-order valence-electron chi connectivity index (χ3n) is 3.10. The van der Waals surface area contributed by atoms with Crippen LogP contribution in [0.3, 0.4) is 0 Å². The molecule has 0 saturated heterocycles. The molecule has 0 bridgehead atoms. The smallest absolute Gasteiger partial charge is 0.296 e. The van der Waals surface area contributed by atoms with Crippen LogP contribution in [0.4, 0.5) is 0 Å². The number of benzene rings is 1. The van der Waals surface area contributed by atoms with E-state index in [9.17, 15) is 13.5 Å². The Morgan fingerprint density at radius 3 is 2.13 bits per heavy atom. The first-order valence-electron chi connectivity index (χ1n) is 6.48. The summed E-state index contributed by atoms with van der Waals surface area (Å²) in [6, 6.07) is 6.03. The lowest BCUT2D eigenvalue weighted by Gasteiger charge is -2.27. The lowest BCUT2D eigenvalue weighted by molar-refractivity contribution is 0.0833. The standard InChI is InChI=1S/C12H16N6O4S/c1-10-2-4-11(5-3-10)23(20,21)22-9-12(8-19,6-15-17-13)7-16-18-14/h2-5,19H,6-9H2,1H3. The van der Waals surface area contributed by atoms with E-state index >= 15 is 0 Å². The number of hydrogen-bond donors (Lipinski definition) is 1. The first-order chi connectivity index (χ1) is 10.9. The van der Waals surface area contributed by atoms with Crippen LogP contribution in [0.2, 0.25) is 0 Å². The highest BCUT2D eigenvalue weighted by atomic mass is 32.2. The highest BCUT2D eigenvalue weighted by Gasteiger charge is 2.31. The summed E-state index contributed by atoms with van der Waals surface area (Å²) in [6.07, 6.45) is 0. The maximum Gasteiger partial charge on any atom is 0.296 e. The molecule has 0 aromatic heterocycles. The molecule has 0 aliphatic carbocycles. The number of rotatable bonds is 9. The first-order valence-corrected chi connectivity index (χ1v) is 7.89. The molecule has 0 fully saturated rings. The second kappa shape index (κ2) is 8.37. The second-order valence-electron chi connectivity index (χ2n) is 4.97. The van der Waals surface area contributed by atoms with Crippen molar-refractivity contribution >= 4 is 10.1 Å². The fourth-order valence-electron chi connectivity index (χ4n) is 1.63. The SMILES string of the molecule is Cc1ccc(S(=O)(=O)OCC(CO)(CN=[N+]=[N-])CN=[N+]=[N-])cc1. The van der Waals surface area contributed by atoms with Gasteiger partial charge in [-0.1, -0.05) is 27.9 Å². The van der Waals surface area contributed by atoms with Gasteiger partial charge in [0.05, 0.1) is 18.1 Å². The van der Waals surface area contributed by atoms with Crippen LogP contribution < -0.4 is 0 Å². The predicted molar refractivity (Wildman–Crippen MR) is 81.9 cm³/mol. The van der Waals surface area contributed by atoms with E-state index < -0.39 is 28.7 Å². The maximum atomic E-state index is 12.1. The molecule has 0 aliphatic heterocycles. The van der Waals surface area contributed by atoms with Crippen molar-refractivity contribution in [1.82, 2.24) is 0 Å². The lowest BCUT2D eigenvalue weighted by atomic mass is 9.91. The van der Waals surface area contributed by atoms with Crippen LogP contribution in [-0.2, 0) is 14.3 Å². The largest absolute Gasteiger partial charge is 0.396 e. The Morgan fingerprint density at radius 1 is 1.17 bits per heavy atom. The van der Waals surface area contributed by atoms with Crippen LogP contribution in [0.1, 0.15) is 5.56 Å². The highest BCUT2D eigenvalue weighted by Crippen LogP contribution is 2.22. The fourth-order valence-corrected chi connectivity index (χ4v) is 2.64. The molecule has 1 rings (SSSR count). The van der Waals surface area contributed by atoms with Gasteiger partial charge < -0.3 is 5.11 Å². The zero-order valence-corrected chi connectivity index (χ0v) is 13.2. The van der Waals surface area contributed by atoms with Crippen molar-refractivity contribution in [3.05, 3.63) is 50.7 Å². The monoisotopic (exact) mass is 340 g/mol. The van der Waals surface area contributed by atoms with Gasteiger partial charge in [-0.15, -0.1) is 0 Å². The summed E-state index contributed by atoms with van der Waals surface area (Å²) in [5, 5.41) is 16.1. The van der Waals surface area contributed by atoms with Gasteiger partial charge in [0.1, 0.15) is 0 Å². The topological polar surface area (TPSA) is 161 Å². The van der Waals surface area contributed by atoms with E-state index in [4.69, 9.17) is 15.2 Å².